The molecule has 14 heavy (non-hydrogen) atoms. The maximum absolute atomic E-state index is 11.2. The molecule has 1 aromatic heterocycles. The van der Waals surface area contributed by atoms with E-state index in [4.69, 9.17) is 5.73 Å². The summed E-state index contributed by atoms with van der Waals surface area (Å²) in [5.74, 6) is -0.135. The molecule has 0 saturated heterocycles. The van der Waals surface area contributed by atoms with Crippen LogP contribution >= 0.6 is 0 Å². The summed E-state index contributed by atoms with van der Waals surface area (Å²) in [4.78, 5) is 11.2. The third kappa shape index (κ3) is 3.18. The minimum Gasteiger partial charge on any atom is -0.350 e. The Kier molecular flexibility index (Phi) is 3.64. The van der Waals surface area contributed by atoms with Crippen molar-refractivity contribution in [2.45, 2.75) is 32.5 Å². The number of nitrogens with two attached hydrogens (primary N) is 1. The Bertz CT molecular complexity index is 281. The van der Waals surface area contributed by atoms with Crippen LogP contribution in [0.4, 0.5) is 0 Å². The molecule has 3 N–H and O–H groups in total. The Morgan fingerprint density at radius 3 is 2.86 bits per heavy atom. The normalized spacial score (nSPS) is 14.8. The topological polar surface area (TPSA) is 72.9 Å². The van der Waals surface area contributed by atoms with Crippen molar-refractivity contribution in [2.24, 2.45) is 5.73 Å². The smallest absolute Gasteiger partial charge is 0.236 e. The van der Waals surface area contributed by atoms with Crippen molar-refractivity contribution in [1.29, 1.82) is 0 Å². The van der Waals surface area contributed by atoms with Crippen LogP contribution in [0.2, 0.25) is 0 Å². The highest BCUT2D eigenvalue weighted by atomic mass is 16.2. The number of nitrogens with one attached hydrogen (secondary N) is 1. The van der Waals surface area contributed by atoms with E-state index >= 15 is 0 Å². The number of amides is 1. The van der Waals surface area contributed by atoms with E-state index in [1.165, 1.54) is 0 Å². The van der Waals surface area contributed by atoms with Crippen molar-refractivity contribution in [1.82, 2.24) is 15.1 Å². The molecule has 1 unspecified atom stereocenters. The summed E-state index contributed by atoms with van der Waals surface area (Å²) in [6, 6.07) is 1.42. The molecule has 1 rings (SSSR count). The lowest BCUT2D eigenvalue weighted by Crippen LogP contribution is -2.44. The Balaban J connectivity index is 2.36. The lowest BCUT2D eigenvalue weighted by atomic mass is 10.3. The molecular weight excluding hydrogens is 180 g/mol. The predicted molar refractivity (Wildman–Crippen MR) is 53.5 cm³/mol. The molecule has 0 aliphatic rings. The highest BCUT2D eigenvalue weighted by Gasteiger charge is 2.11. The van der Waals surface area contributed by atoms with Crippen molar-refractivity contribution in [2.75, 3.05) is 0 Å². The summed E-state index contributed by atoms with van der Waals surface area (Å²) in [5, 5.41) is 6.84. The van der Waals surface area contributed by atoms with Crippen molar-refractivity contribution in [3.63, 3.8) is 0 Å². The van der Waals surface area contributed by atoms with Crippen LogP contribution in [0, 0.1) is 0 Å². The summed E-state index contributed by atoms with van der Waals surface area (Å²) in [7, 11) is 0. The van der Waals surface area contributed by atoms with Crippen molar-refractivity contribution in [3.8, 4) is 0 Å². The van der Waals surface area contributed by atoms with Crippen molar-refractivity contribution >= 4 is 5.91 Å². The molecule has 1 aromatic rings. The van der Waals surface area contributed by atoms with Crippen LogP contribution in [0.3, 0.4) is 0 Å². The van der Waals surface area contributed by atoms with Crippen LogP contribution in [-0.2, 0) is 11.3 Å². The lowest BCUT2D eigenvalue weighted by Gasteiger charge is -2.15. The van der Waals surface area contributed by atoms with Gasteiger partial charge in [-0.3, -0.25) is 9.48 Å². The standard InChI is InChI=1S/C9H16N4O/c1-7(12-9(14)8(2)10)6-13-5-3-4-11-13/h3-5,7-8H,6,10H2,1-2H3,(H,12,14)/t7?,8-/m0/s1. The predicted octanol–water partition coefficient (Wildman–Crippen LogP) is -0.265. The molecule has 0 aliphatic carbocycles. The molecule has 1 amide bonds. The van der Waals surface area contributed by atoms with E-state index in [1.54, 1.807) is 17.8 Å². The molecule has 0 radical (unpaired) electrons. The van der Waals surface area contributed by atoms with E-state index in [0.717, 1.165) is 0 Å². The van der Waals surface area contributed by atoms with Crippen LogP contribution in [0.1, 0.15) is 13.8 Å². The third-order valence-corrected chi connectivity index (χ3v) is 1.82. The molecule has 5 nitrogen and oxygen atoms in total. The number of carbonyl (C=O) groups is 1. The van der Waals surface area contributed by atoms with Gasteiger partial charge in [0.25, 0.3) is 0 Å². The Labute approximate surface area is 83.3 Å². The quantitative estimate of drug-likeness (QED) is 0.696. The summed E-state index contributed by atoms with van der Waals surface area (Å²) < 4.78 is 1.77. The molecule has 0 bridgehead atoms. The zero-order valence-corrected chi connectivity index (χ0v) is 8.47. The minimum absolute atomic E-state index is 0.0356. The molecular formula is C9H16N4O. The van der Waals surface area contributed by atoms with E-state index in [0.29, 0.717) is 6.54 Å². The van der Waals surface area contributed by atoms with Gasteiger partial charge in [0, 0.05) is 18.4 Å². The zero-order valence-electron chi connectivity index (χ0n) is 8.47. The fourth-order valence-electron chi connectivity index (χ4n) is 1.11. The van der Waals surface area contributed by atoms with E-state index < -0.39 is 6.04 Å². The average Bonchev–Trinajstić information content (AvgIpc) is 2.56. The fourth-order valence-corrected chi connectivity index (χ4v) is 1.11. The van der Waals surface area contributed by atoms with Gasteiger partial charge >= 0.3 is 0 Å². The minimum atomic E-state index is -0.463. The number of aromatic nitrogens is 2. The molecule has 0 saturated carbocycles. The number of nitrogens with zero attached hydrogens (tertiary/aromatic N) is 2. The molecule has 0 aromatic carbocycles. The van der Waals surface area contributed by atoms with Gasteiger partial charge in [-0.1, -0.05) is 0 Å². The van der Waals surface area contributed by atoms with Gasteiger partial charge in [-0.15, -0.1) is 0 Å². The maximum Gasteiger partial charge on any atom is 0.236 e. The van der Waals surface area contributed by atoms with Crippen LogP contribution in [0.15, 0.2) is 18.5 Å². The van der Waals surface area contributed by atoms with E-state index in [2.05, 4.69) is 10.4 Å². The first-order valence-corrected chi connectivity index (χ1v) is 4.63. The number of hydrogen-bond acceptors (Lipinski definition) is 3. The van der Waals surface area contributed by atoms with Crippen LogP contribution in [-0.4, -0.2) is 27.8 Å². The molecule has 1 heterocycles. The third-order valence-electron chi connectivity index (χ3n) is 1.82. The zero-order chi connectivity index (χ0) is 10.6. The molecule has 2 atom stereocenters. The first-order chi connectivity index (χ1) is 6.59. The monoisotopic (exact) mass is 196 g/mol. The molecule has 78 valence electrons. The first kappa shape index (κ1) is 10.7. The second-order valence-corrected chi connectivity index (χ2v) is 3.43. The molecule has 5 heteroatoms. The van der Waals surface area contributed by atoms with E-state index in [-0.39, 0.29) is 11.9 Å². The number of carbonyl (C=O) groups excluding carboxylic acids is 1. The average molecular weight is 196 g/mol. The fraction of sp³-hybridized carbons (Fsp3) is 0.556. The van der Waals surface area contributed by atoms with Crippen molar-refractivity contribution in [3.05, 3.63) is 18.5 Å². The SMILES string of the molecule is CC(Cn1cccn1)NC(=O)[C@H](C)N. The summed E-state index contributed by atoms with van der Waals surface area (Å²) in [5.41, 5.74) is 5.42. The second kappa shape index (κ2) is 4.76. The van der Waals surface area contributed by atoms with Crippen LogP contribution < -0.4 is 11.1 Å². The van der Waals surface area contributed by atoms with E-state index in [9.17, 15) is 4.79 Å². The molecule has 0 fully saturated rings. The van der Waals surface area contributed by atoms with Gasteiger partial charge in [0.15, 0.2) is 0 Å². The van der Waals surface area contributed by atoms with Crippen LogP contribution in [0.25, 0.3) is 0 Å². The highest BCUT2D eigenvalue weighted by molar-refractivity contribution is 5.81. The van der Waals surface area contributed by atoms with Gasteiger partial charge in [0.1, 0.15) is 0 Å². The van der Waals surface area contributed by atoms with E-state index in [1.807, 2.05) is 19.2 Å². The van der Waals surface area contributed by atoms with Gasteiger partial charge in [-0.2, -0.15) is 5.10 Å². The molecule has 0 aliphatic heterocycles. The highest BCUT2D eigenvalue weighted by Crippen LogP contribution is 1.91. The van der Waals surface area contributed by atoms with Crippen molar-refractivity contribution < 1.29 is 4.79 Å². The summed E-state index contributed by atoms with van der Waals surface area (Å²) >= 11 is 0. The lowest BCUT2D eigenvalue weighted by molar-refractivity contribution is -0.122. The Hall–Kier alpha value is -1.36. The van der Waals surface area contributed by atoms with Gasteiger partial charge in [0.2, 0.25) is 5.91 Å². The number of hydrogen-bond donors (Lipinski definition) is 2. The summed E-state index contributed by atoms with van der Waals surface area (Å²) in [6.07, 6.45) is 3.56. The first-order valence-electron chi connectivity index (χ1n) is 4.63. The van der Waals surface area contributed by atoms with Gasteiger partial charge < -0.3 is 11.1 Å². The van der Waals surface area contributed by atoms with Gasteiger partial charge in [0.05, 0.1) is 12.6 Å². The van der Waals surface area contributed by atoms with Crippen LogP contribution in [0.5, 0.6) is 0 Å². The largest absolute Gasteiger partial charge is 0.350 e. The maximum atomic E-state index is 11.2. The summed E-state index contributed by atoms with van der Waals surface area (Å²) in [6.45, 7) is 4.24. The second-order valence-electron chi connectivity index (χ2n) is 3.43. The Morgan fingerprint density at radius 2 is 2.36 bits per heavy atom. The number of rotatable bonds is 4. The molecule has 0 spiro atoms. The Morgan fingerprint density at radius 1 is 1.64 bits per heavy atom. The van der Waals surface area contributed by atoms with Gasteiger partial charge in [-0.05, 0) is 19.9 Å². The van der Waals surface area contributed by atoms with Gasteiger partial charge in [-0.25, -0.2) is 0 Å².